The Labute approximate surface area is 76.6 Å². The predicted molar refractivity (Wildman–Crippen MR) is 48.7 cm³/mol. The molecule has 0 unspecified atom stereocenters. The lowest BCUT2D eigenvalue weighted by Crippen LogP contribution is -2.29. The Morgan fingerprint density at radius 1 is 1.38 bits per heavy atom. The smallest absolute Gasteiger partial charge is 0.488 e. The minimum Gasteiger partial charge on any atom is -0.496 e. The molecule has 70 valence electrons. The summed E-state index contributed by atoms with van der Waals surface area (Å²) in [5, 5.41) is 26.6. The minimum atomic E-state index is -1.51. The van der Waals surface area contributed by atoms with Gasteiger partial charge >= 0.3 is 7.12 Å². The SMILES string of the molecule is COc1cc(B(O)O)ccc1CO. The Morgan fingerprint density at radius 3 is 2.54 bits per heavy atom. The van der Waals surface area contributed by atoms with E-state index in [1.165, 1.54) is 19.2 Å². The quantitative estimate of drug-likeness (QED) is 0.517. The van der Waals surface area contributed by atoms with Gasteiger partial charge in [-0.2, -0.15) is 0 Å². The molecule has 13 heavy (non-hydrogen) atoms. The van der Waals surface area contributed by atoms with E-state index in [1.54, 1.807) is 6.07 Å². The van der Waals surface area contributed by atoms with E-state index in [1.807, 2.05) is 0 Å². The fourth-order valence-corrected chi connectivity index (χ4v) is 1.05. The van der Waals surface area contributed by atoms with Gasteiger partial charge in [0.25, 0.3) is 0 Å². The monoisotopic (exact) mass is 182 g/mol. The highest BCUT2D eigenvalue weighted by Crippen LogP contribution is 2.15. The van der Waals surface area contributed by atoms with Crippen LogP contribution in [0.25, 0.3) is 0 Å². The third kappa shape index (κ3) is 2.21. The summed E-state index contributed by atoms with van der Waals surface area (Å²) in [6, 6.07) is 4.60. The molecule has 0 aromatic heterocycles. The lowest BCUT2D eigenvalue weighted by molar-refractivity contribution is 0.274. The Kier molecular flexibility index (Phi) is 3.30. The van der Waals surface area contributed by atoms with Crippen molar-refractivity contribution in [2.45, 2.75) is 6.61 Å². The zero-order chi connectivity index (χ0) is 9.84. The topological polar surface area (TPSA) is 69.9 Å². The molecule has 0 radical (unpaired) electrons. The summed E-state index contributed by atoms with van der Waals surface area (Å²) in [6.45, 7) is -0.134. The summed E-state index contributed by atoms with van der Waals surface area (Å²) in [4.78, 5) is 0. The van der Waals surface area contributed by atoms with Crippen LogP contribution in [0.4, 0.5) is 0 Å². The molecule has 0 aliphatic rings. The van der Waals surface area contributed by atoms with Gasteiger partial charge in [0.15, 0.2) is 0 Å². The summed E-state index contributed by atoms with van der Waals surface area (Å²) in [6.07, 6.45) is 0. The maximum absolute atomic E-state index is 8.87. The molecule has 0 fully saturated rings. The first-order valence-electron chi connectivity index (χ1n) is 3.83. The Hall–Kier alpha value is -1.04. The van der Waals surface area contributed by atoms with Crippen molar-refractivity contribution in [3.8, 4) is 5.75 Å². The van der Waals surface area contributed by atoms with E-state index in [4.69, 9.17) is 19.9 Å². The van der Waals surface area contributed by atoms with E-state index in [0.717, 1.165) is 0 Å². The second kappa shape index (κ2) is 4.27. The highest BCUT2D eigenvalue weighted by Gasteiger charge is 2.13. The van der Waals surface area contributed by atoms with Gasteiger partial charge in [-0.15, -0.1) is 0 Å². The van der Waals surface area contributed by atoms with Crippen LogP contribution in [-0.2, 0) is 6.61 Å². The molecule has 0 aliphatic heterocycles. The summed E-state index contributed by atoms with van der Waals surface area (Å²) in [5.41, 5.74) is 0.959. The van der Waals surface area contributed by atoms with E-state index in [0.29, 0.717) is 16.8 Å². The molecule has 1 aromatic carbocycles. The molecule has 1 aromatic rings. The molecule has 1 rings (SSSR count). The predicted octanol–water partition coefficient (Wildman–Crippen LogP) is -1.13. The Balaban J connectivity index is 3.05. The lowest BCUT2D eigenvalue weighted by atomic mass is 9.80. The number of benzene rings is 1. The molecule has 4 nitrogen and oxygen atoms in total. The Bertz CT molecular complexity index is 287. The van der Waals surface area contributed by atoms with Gasteiger partial charge in [0, 0.05) is 5.56 Å². The lowest BCUT2D eigenvalue weighted by Gasteiger charge is -2.07. The Morgan fingerprint density at radius 2 is 2.08 bits per heavy atom. The van der Waals surface area contributed by atoms with Crippen LogP contribution in [0.1, 0.15) is 5.56 Å². The first kappa shape index (κ1) is 10.0. The van der Waals surface area contributed by atoms with Crippen LogP contribution < -0.4 is 10.2 Å². The third-order valence-electron chi connectivity index (χ3n) is 1.78. The third-order valence-corrected chi connectivity index (χ3v) is 1.78. The number of aliphatic hydroxyl groups excluding tert-OH is 1. The van der Waals surface area contributed by atoms with Crippen molar-refractivity contribution in [2.75, 3.05) is 7.11 Å². The van der Waals surface area contributed by atoms with Gasteiger partial charge < -0.3 is 19.9 Å². The normalized spacial score (nSPS) is 9.85. The number of aliphatic hydroxyl groups is 1. The first-order valence-corrected chi connectivity index (χ1v) is 3.83. The molecule has 0 heterocycles. The van der Waals surface area contributed by atoms with Gasteiger partial charge in [0.05, 0.1) is 13.7 Å². The number of hydrogen-bond donors (Lipinski definition) is 3. The van der Waals surface area contributed by atoms with Gasteiger partial charge in [0.2, 0.25) is 0 Å². The maximum Gasteiger partial charge on any atom is 0.488 e. The zero-order valence-electron chi connectivity index (χ0n) is 7.27. The molecular formula is C8H11BO4. The maximum atomic E-state index is 8.87. The fraction of sp³-hybridized carbons (Fsp3) is 0.250. The highest BCUT2D eigenvalue weighted by atomic mass is 16.5. The molecule has 0 amide bonds. The van der Waals surface area contributed by atoms with Gasteiger partial charge in [-0.3, -0.25) is 0 Å². The fourth-order valence-electron chi connectivity index (χ4n) is 1.05. The summed E-state index contributed by atoms with van der Waals surface area (Å²) in [7, 11) is -0.0520. The average molecular weight is 182 g/mol. The largest absolute Gasteiger partial charge is 0.496 e. The van der Waals surface area contributed by atoms with Crippen molar-refractivity contribution in [3.63, 3.8) is 0 Å². The number of hydrogen-bond acceptors (Lipinski definition) is 4. The van der Waals surface area contributed by atoms with Gasteiger partial charge in [0.1, 0.15) is 5.75 Å². The summed E-state index contributed by atoms with van der Waals surface area (Å²) < 4.78 is 4.94. The number of methoxy groups -OCH3 is 1. The second-order valence-corrected chi connectivity index (χ2v) is 2.60. The molecule has 0 aliphatic carbocycles. The summed E-state index contributed by atoms with van der Waals surface area (Å²) in [5.74, 6) is 0.452. The van der Waals surface area contributed by atoms with E-state index in [-0.39, 0.29) is 6.61 Å². The van der Waals surface area contributed by atoms with Crippen LogP contribution in [0.5, 0.6) is 5.75 Å². The van der Waals surface area contributed by atoms with Crippen LogP contribution in [0.15, 0.2) is 18.2 Å². The van der Waals surface area contributed by atoms with Crippen LogP contribution in [0.3, 0.4) is 0 Å². The molecule has 5 heteroatoms. The van der Waals surface area contributed by atoms with E-state index in [9.17, 15) is 0 Å². The van der Waals surface area contributed by atoms with Crippen molar-refractivity contribution in [1.82, 2.24) is 0 Å². The number of ether oxygens (including phenoxy) is 1. The van der Waals surface area contributed by atoms with Crippen LogP contribution in [0, 0.1) is 0 Å². The molecule has 0 saturated heterocycles. The van der Waals surface area contributed by atoms with Crippen molar-refractivity contribution >= 4 is 12.6 Å². The van der Waals surface area contributed by atoms with Crippen molar-refractivity contribution in [3.05, 3.63) is 23.8 Å². The van der Waals surface area contributed by atoms with E-state index >= 15 is 0 Å². The van der Waals surface area contributed by atoms with Crippen molar-refractivity contribution in [1.29, 1.82) is 0 Å². The van der Waals surface area contributed by atoms with Gasteiger partial charge in [-0.1, -0.05) is 12.1 Å². The van der Waals surface area contributed by atoms with Crippen LogP contribution in [0.2, 0.25) is 0 Å². The average Bonchev–Trinajstić information content (AvgIpc) is 2.16. The van der Waals surface area contributed by atoms with Crippen LogP contribution in [-0.4, -0.2) is 29.4 Å². The molecular weight excluding hydrogens is 171 g/mol. The van der Waals surface area contributed by atoms with Gasteiger partial charge in [-0.05, 0) is 11.5 Å². The zero-order valence-corrected chi connectivity index (χ0v) is 7.27. The number of rotatable bonds is 3. The molecule has 0 spiro atoms. The molecule has 0 bridgehead atoms. The van der Waals surface area contributed by atoms with Crippen LogP contribution >= 0.6 is 0 Å². The highest BCUT2D eigenvalue weighted by molar-refractivity contribution is 6.58. The molecule has 3 N–H and O–H groups in total. The minimum absolute atomic E-state index is 0.134. The molecule has 0 saturated carbocycles. The first-order chi connectivity index (χ1) is 6.19. The van der Waals surface area contributed by atoms with E-state index < -0.39 is 7.12 Å². The van der Waals surface area contributed by atoms with Crippen molar-refractivity contribution < 1.29 is 19.9 Å². The second-order valence-electron chi connectivity index (χ2n) is 2.60. The van der Waals surface area contributed by atoms with Crippen molar-refractivity contribution in [2.24, 2.45) is 0 Å². The summed E-state index contributed by atoms with van der Waals surface area (Å²) >= 11 is 0. The van der Waals surface area contributed by atoms with Gasteiger partial charge in [-0.25, -0.2) is 0 Å². The van der Waals surface area contributed by atoms with E-state index in [2.05, 4.69) is 0 Å². The standard InChI is InChI=1S/C8H11BO4/c1-13-8-4-7(9(11)12)3-2-6(8)5-10/h2-4,10-12H,5H2,1H3. The molecule has 0 atom stereocenters.